The lowest BCUT2D eigenvalue weighted by Gasteiger charge is -2.24. The summed E-state index contributed by atoms with van der Waals surface area (Å²) in [6, 6.07) is 0. The highest BCUT2D eigenvalue weighted by Gasteiger charge is 2.26. The van der Waals surface area contributed by atoms with Gasteiger partial charge in [-0.25, -0.2) is 4.57 Å². The van der Waals surface area contributed by atoms with Crippen LogP contribution in [0.2, 0.25) is 0 Å². The Morgan fingerprint density at radius 3 is 1.91 bits per heavy atom. The van der Waals surface area contributed by atoms with Crippen molar-refractivity contribution in [1.82, 2.24) is 0 Å². The number of likely N-dealkylation sites (N-methyl/N-ethyl adjacent to an activating group) is 1. The molecule has 0 aliphatic carbocycles. The average Bonchev–Trinajstić information content (AvgIpc) is 3.11. The third-order valence-corrected chi connectivity index (χ3v) is 10.1. The van der Waals surface area contributed by atoms with Gasteiger partial charge < -0.3 is 24.0 Å². The molecule has 0 aromatic carbocycles. The molecule has 0 amide bonds. The van der Waals surface area contributed by atoms with E-state index >= 15 is 0 Å². The molecule has 0 saturated carbocycles. The first-order chi connectivity index (χ1) is 26.0. The molecule has 0 saturated heterocycles. The highest BCUT2D eigenvalue weighted by atomic mass is 31.2. The van der Waals surface area contributed by atoms with Crippen LogP contribution < -0.4 is 0 Å². The second kappa shape index (κ2) is 36.9. The van der Waals surface area contributed by atoms with E-state index in [0.29, 0.717) is 23.9 Å². The summed E-state index contributed by atoms with van der Waals surface area (Å²) in [7, 11) is 1.57. The third kappa shape index (κ3) is 39.9. The van der Waals surface area contributed by atoms with Crippen LogP contribution in [0, 0.1) is 0 Å². The van der Waals surface area contributed by atoms with Crippen molar-refractivity contribution in [2.75, 3.05) is 47.5 Å². The first-order valence-electron chi connectivity index (χ1n) is 21.5. The number of allylic oxidation sites excluding steroid dienone is 6. The fraction of sp³-hybridized carbons (Fsp3) is 0.795. The van der Waals surface area contributed by atoms with E-state index in [9.17, 15) is 19.4 Å². The number of rotatable bonds is 39. The predicted octanol–water partition coefficient (Wildman–Crippen LogP) is 11.7. The molecule has 0 aliphatic rings. The molecule has 316 valence electrons. The Hall–Kier alpha value is -1.74. The van der Waals surface area contributed by atoms with Crippen LogP contribution in [0.3, 0.4) is 0 Å². The quantitative estimate of drug-likeness (QED) is 0.0121. The number of nitrogens with zero attached hydrogens (tertiary/aromatic N) is 1. The smallest absolute Gasteiger partial charge is 0.472 e. The molecular formula is C44H83NO8P+. The van der Waals surface area contributed by atoms with Gasteiger partial charge in [-0.05, 0) is 44.6 Å². The zero-order valence-corrected chi connectivity index (χ0v) is 36.2. The van der Waals surface area contributed by atoms with E-state index in [1.54, 1.807) is 6.26 Å². The van der Waals surface area contributed by atoms with Gasteiger partial charge in [-0.3, -0.25) is 13.8 Å². The van der Waals surface area contributed by atoms with Gasteiger partial charge in [0.05, 0.1) is 40.1 Å². The Balaban J connectivity index is 4.39. The van der Waals surface area contributed by atoms with Crippen LogP contribution in [0.4, 0.5) is 0 Å². The number of ether oxygens (including phenoxy) is 2. The molecule has 0 radical (unpaired) electrons. The largest absolute Gasteiger partial charge is 0.498 e. The lowest BCUT2D eigenvalue weighted by Crippen LogP contribution is -2.37. The molecule has 0 spiro atoms. The normalized spacial score (nSPS) is 14.8. The number of hydrogen-bond donors (Lipinski definition) is 2. The fourth-order valence-corrected chi connectivity index (χ4v) is 6.44. The summed E-state index contributed by atoms with van der Waals surface area (Å²) < 4.78 is 34.6. The fourth-order valence-electron chi connectivity index (χ4n) is 5.70. The molecule has 10 heteroatoms. The molecule has 2 N–H and O–H groups in total. The molecule has 0 aliphatic heterocycles. The first kappa shape index (κ1) is 52.3. The molecule has 9 nitrogen and oxygen atoms in total. The Morgan fingerprint density at radius 1 is 0.704 bits per heavy atom. The third-order valence-electron chi connectivity index (χ3n) is 9.07. The van der Waals surface area contributed by atoms with E-state index in [1.165, 1.54) is 83.5 Å². The van der Waals surface area contributed by atoms with Gasteiger partial charge in [0.25, 0.3) is 0 Å². The SMILES string of the molecule is CC/C=C/C/C=C/C=C/C(O)CCCCCCCC(=O)O[C@H](CO/C=C/CCCCCCCCCCCCCCCC)COP(=O)(O)OCC[N+](C)(C)C. The number of carbonyl (C=O) groups excluding carboxylic acids is 1. The molecule has 0 aromatic heterocycles. The number of aliphatic hydroxyl groups is 1. The van der Waals surface area contributed by atoms with Gasteiger partial charge in [0.15, 0.2) is 6.10 Å². The van der Waals surface area contributed by atoms with E-state index in [2.05, 4.69) is 32.1 Å². The van der Waals surface area contributed by atoms with Gasteiger partial charge in [0.1, 0.15) is 19.8 Å². The monoisotopic (exact) mass is 785 g/mol. The number of unbranched alkanes of at least 4 members (excludes halogenated alkanes) is 18. The number of phosphoric acid groups is 1. The molecule has 0 aromatic rings. The number of phosphoric ester groups is 1. The topological polar surface area (TPSA) is 112 Å². The maximum Gasteiger partial charge on any atom is 0.472 e. The molecule has 2 unspecified atom stereocenters. The second-order valence-electron chi connectivity index (χ2n) is 15.6. The number of carbonyl (C=O) groups is 1. The summed E-state index contributed by atoms with van der Waals surface area (Å²) in [4.78, 5) is 22.8. The Bertz CT molecular complexity index is 1020. The molecule has 54 heavy (non-hydrogen) atoms. The summed E-state index contributed by atoms with van der Waals surface area (Å²) in [5.41, 5.74) is 0. The van der Waals surface area contributed by atoms with Crippen molar-refractivity contribution in [3.05, 3.63) is 48.8 Å². The summed E-state index contributed by atoms with van der Waals surface area (Å²) in [5, 5.41) is 10.2. The molecule has 0 rings (SSSR count). The average molecular weight is 785 g/mol. The number of esters is 1. The van der Waals surface area contributed by atoms with Gasteiger partial charge in [-0.15, -0.1) is 0 Å². The van der Waals surface area contributed by atoms with Crippen molar-refractivity contribution in [3.63, 3.8) is 0 Å². The van der Waals surface area contributed by atoms with Crippen molar-refractivity contribution in [2.45, 2.75) is 180 Å². The Labute approximate surface area is 331 Å². The van der Waals surface area contributed by atoms with Gasteiger partial charge in [-0.1, -0.05) is 159 Å². The number of aliphatic hydroxyl groups excluding tert-OH is 1. The van der Waals surface area contributed by atoms with Crippen molar-refractivity contribution in [3.8, 4) is 0 Å². The Morgan fingerprint density at radius 2 is 1.30 bits per heavy atom. The number of hydrogen-bond acceptors (Lipinski definition) is 7. The van der Waals surface area contributed by atoms with Crippen molar-refractivity contribution in [2.24, 2.45) is 0 Å². The maximum absolute atomic E-state index is 12.7. The highest BCUT2D eigenvalue weighted by molar-refractivity contribution is 7.47. The summed E-state index contributed by atoms with van der Waals surface area (Å²) >= 11 is 0. The highest BCUT2D eigenvalue weighted by Crippen LogP contribution is 2.43. The first-order valence-corrected chi connectivity index (χ1v) is 23.0. The number of quaternary nitrogens is 1. The zero-order valence-electron chi connectivity index (χ0n) is 35.3. The van der Waals surface area contributed by atoms with Gasteiger partial charge in [0.2, 0.25) is 0 Å². The van der Waals surface area contributed by atoms with E-state index in [4.69, 9.17) is 18.5 Å². The second-order valence-corrected chi connectivity index (χ2v) is 17.1. The van der Waals surface area contributed by atoms with Crippen molar-refractivity contribution >= 4 is 13.8 Å². The molecule has 0 fully saturated rings. The van der Waals surface area contributed by atoms with Crippen molar-refractivity contribution in [1.29, 1.82) is 0 Å². The van der Waals surface area contributed by atoms with E-state index < -0.39 is 26.0 Å². The lowest BCUT2D eigenvalue weighted by atomic mass is 10.0. The van der Waals surface area contributed by atoms with Crippen LogP contribution in [0.5, 0.6) is 0 Å². The Kier molecular flexibility index (Phi) is 35.7. The zero-order chi connectivity index (χ0) is 40.0. The van der Waals surface area contributed by atoms with Crippen LogP contribution in [0.25, 0.3) is 0 Å². The minimum absolute atomic E-state index is 0.0162. The summed E-state index contributed by atoms with van der Waals surface area (Å²) in [6.07, 6.45) is 41.1. The standard InChI is InChI=1S/C44H82NO8P/c1-6-8-10-12-14-15-16-17-18-19-20-21-22-24-29-33-38-50-40-43(41-52-54(48,49)51-39-37-45(3,4)5)53-44(47)36-32-28-25-27-31-35-42(46)34-30-26-23-13-11-9-7-2/h9,11,23,26,30,33-34,38,42-43,46H,6-8,10,12-22,24-25,27-29,31-32,35-37,39-41H2,1-5H3/p+1/b11-9+,26-23+,34-30+,38-33+/t42?,43-/m1/s1. The van der Waals surface area contributed by atoms with Crippen LogP contribution in [-0.2, 0) is 27.9 Å². The molecular weight excluding hydrogens is 701 g/mol. The molecule has 0 heterocycles. The van der Waals surface area contributed by atoms with Crippen LogP contribution >= 0.6 is 7.82 Å². The summed E-state index contributed by atoms with van der Waals surface area (Å²) in [5.74, 6) is -0.392. The van der Waals surface area contributed by atoms with Crippen LogP contribution in [0.15, 0.2) is 48.8 Å². The summed E-state index contributed by atoms with van der Waals surface area (Å²) in [6.45, 7) is 4.68. The molecule has 3 atom stereocenters. The minimum atomic E-state index is -4.31. The van der Waals surface area contributed by atoms with E-state index in [0.717, 1.165) is 51.4 Å². The van der Waals surface area contributed by atoms with Crippen LogP contribution in [0.1, 0.15) is 168 Å². The molecule has 0 bridgehead atoms. The van der Waals surface area contributed by atoms with Gasteiger partial charge >= 0.3 is 13.8 Å². The van der Waals surface area contributed by atoms with E-state index in [-0.39, 0.29) is 26.2 Å². The predicted molar refractivity (Wildman–Crippen MR) is 225 cm³/mol. The van der Waals surface area contributed by atoms with Crippen molar-refractivity contribution < 1.29 is 42.4 Å². The minimum Gasteiger partial charge on any atom is -0.498 e. The maximum atomic E-state index is 12.7. The lowest BCUT2D eigenvalue weighted by molar-refractivity contribution is -0.870. The van der Waals surface area contributed by atoms with Gasteiger partial charge in [-0.2, -0.15) is 0 Å². The van der Waals surface area contributed by atoms with E-state index in [1.807, 2.05) is 45.4 Å². The van der Waals surface area contributed by atoms with Gasteiger partial charge in [0, 0.05) is 6.42 Å². The van der Waals surface area contributed by atoms with Crippen LogP contribution in [-0.4, -0.2) is 80.2 Å².